The SMILES string of the molecule is CN(Cc1ccccc1)C(=O)c1cc(-c2ccccc2)nc2ccc(Br)cc12. The molecule has 4 heteroatoms. The molecule has 0 aliphatic heterocycles. The highest BCUT2D eigenvalue weighted by atomic mass is 79.9. The van der Waals surface area contributed by atoms with E-state index in [9.17, 15) is 4.79 Å². The fourth-order valence-electron chi connectivity index (χ4n) is 3.27. The Kier molecular flexibility index (Phi) is 5.22. The van der Waals surface area contributed by atoms with Gasteiger partial charge in [-0.25, -0.2) is 4.98 Å². The van der Waals surface area contributed by atoms with Gasteiger partial charge in [0.15, 0.2) is 0 Å². The summed E-state index contributed by atoms with van der Waals surface area (Å²) >= 11 is 3.52. The lowest BCUT2D eigenvalue weighted by atomic mass is 10.0. The molecular formula is C24H19BrN2O. The number of aromatic nitrogens is 1. The Hall–Kier alpha value is -2.98. The molecule has 0 aliphatic carbocycles. The normalized spacial score (nSPS) is 10.8. The van der Waals surface area contributed by atoms with Gasteiger partial charge in [0, 0.05) is 29.0 Å². The maximum atomic E-state index is 13.3. The highest BCUT2D eigenvalue weighted by Crippen LogP contribution is 2.28. The van der Waals surface area contributed by atoms with E-state index in [-0.39, 0.29) is 5.91 Å². The van der Waals surface area contributed by atoms with Gasteiger partial charge in [0.1, 0.15) is 0 Å². The lowest BCUT2D eigenvalue weighted by Crippen LogP contribution is -2.26. The van der Waals surface area contributed by atoms with E-state index >= 15 is 0 Å². The van der Waals surface area contributed by atoms with Gasteiger partial charge < -0.3 is 4.90 Å². The minimum Gasteiger partial charge on any atom is -0.337 e. The van der Waals surface area contributed by atoms with Crippen LogP contribution in [0.4, 0.5) is 0 Å². The van der Waals surface area contributed by atoms with Crippen LogP contribution in [0.15, 0.2) is 89.4 Å². The molecule has 0 N–H and O–H groups in total. The molecule has 4 aromatic rings. The Morgan fingerprint density at radius 1 is 0.929 bits per heavy atom. The summed E-state index contributed by atoms with van der Waals surface area (Å²) in [5, 5.41) is 0.846. The van der Waals surface area contributed by atoms with E-state index in [2.05, 4.69) is 15.9 Å². The fraction of sp³-hybridized carbons (Fsp3) is 0.0833. The number of fused-ring (bicyclic) bond motifs is 1. The molecule has 0 spiro atoms. The summed E-state index contributed by atoms with van der Waals surface area (Å²) in [6.07, 6.45) is 0. The van der Waals surface area contributed by atoms with Crippen molar-refractivity contribution in [1.82, 2.24) is 9.88 Å². The molecule has 1 amide bonds. The van der Waals surface area contributed by atoms with E-state index in [0.717, 1.165) is 32.2 Å². The quantitative estimate of drug-likeness (QED) is 0.401. The fourth-order valence-corrected chi connectivity index (χ4v) is 3.63. The number of halogens is 1. The molecule has 0 saturated carbocycles. The molecule has 4 rings (SSSR count). The molecule has 28 heavy (non-hydrogen) atoms. The van der Waals surface area contributed by atoms with Crippen molar-refractivity contribution in [3.8, 4) is 11.3 Å². The first-order valence-corrected chi connectivity index (χ1v) is 9.86. The minimum absolute atomic E-state index is 0.0217. The third kappa shape index (κ3) is 3.82. The van der Waals surface area contributed by atoms with Gasteiger partial charge >= 0.3 is 0 Å². The highest BCUT2D eigenvalue weighted by Gasteiger charge is 2.18. The van der Waals surface area contributed by atoms with Gasteiger partial charge in [-0.1, -0.05) is 76.6 Å². The van der Waals surface area contributed by atoms with E-state index in [1.807, 2.05) is 92.0 Å². The van der Waals surface area contributed by atoms with Crippen molar-refractivity contribution in [3.63, 3.8) is 0 Å². The van der Waals surface area contributed by atoms with Crippen LogP contribution in [0.2, 0.25) is 0 Å². The molecule has 3 nitrogen and oxygen atoms in total. The van der Waals surface area contributed by atoms with Crippen LogP contribution in [0.5, 0.6) is 0 Å². The Bertz CT molecular complexity index is 1130. The molecule has 3 aromatic carbocycles. The molecule has 0 fully saturated rings. The van der Waals surface area contributed by atoms with Gasteiger partial charge in [-0.2, -0.15) is 0 Å². The minimum atomic E-state index is -0.0217. The largest absolute Gasteiger partial charge is 0.337 e. The maximum absolute atomic E-state index is 13.3. The Labute approximate surface area is 172 Å². The smallest absolute Gasteiger partial charge is 0.254 e. The second-order valence-electron chi connectivity index (χ2n) is 6.73. The Morgan fingerprint density at radius 3 is 2.32 bits per heavy atom. The standard InChI is InChI=1S/C24H19BrN2O/c1-27(16-17-8-4-2-5-9-17)24(28)21-15-23(18-10-6-3-7-11-18)26-22-13-12-19(25)14-20(21)22/h2-15H,16H2,1H3. The van der Waals surface area contributed by atoms with Gasteiger partial charge in [-0.15, -0.1) is 0 Å². The zero-order chi connectivity index (χ0) is 19.5. The van der Waals surface area contributed by atoms with E-state index in [4.69, 9.17) is 4.98 Å². The maximum Gasteiger partial charge on any atom is 0.254 e. The number of nitrogens with zero attached hydrogens (tertiary/aromatic N) is 2. The van der Waals surface area contributed by atoms with Crippen molar-refractivity contribution < 1.29 is 4.79 Å². The molecule has 0 saturated heterocycles. The van der Waals surface area contributed by atoms with Crippen LogP contribution in [0, 0.1) is 0 Å². The van der Waals surface area contributed by atoms with Crippen molar-refractivity contribution >= 4 is 32.7 Å². The second kappa shape index (κ2) is 7.95. The number of hydrogen-bond acceptors (Lipinski definition) is 2. The predicted molar refractivity (Wildman–Crippen MR) is 117 cm³/mol. The molecular weight excluding hydrogens is 412 g/mol. The summed E-state index contributed by atoms with van der Waals surface area (Å²) in [7, 11) is 1.84. The summed E-state index contributed by atoms with van der Waals surface area (Å²) in [5.41, 5.74) is 4.35. The first kappa shape index (κ1) is 18.4. The third-order valence-corrected chi connectivity index (χ3v) is 5.17. The number of carbonyl (C=O) groups excluding carboxylic acids is 1. The average Bonchev–Trinajstić information content (AvgIpc) is 2.74. The highest BCUT2D eigenvalue weighted by molar-refractivity contribution is 9.10. The topological polar surface area (TPSA) is 33.2 Å². The summed E-state index contributed by atoms with van der Waals surface area (Å²) in [5.74, 6) is -0.0217. The molecule has 0 unspecified atom stereocenters. The van der Waals surface area contributed by atoms with Gasteiger partial charge in [-0.3, -0.25) is 4.79 Å². The number of rotatable bonds is 4. The van der Waals surface area contributed by atoms with Crippen LogP contribution < -0.4 is 0 Å². The van der Waals surface area contributed by atoms with Crippen molar-refractivity contribution in [2.24, 2.45) is 0 Å². The average molecular weight is 431 g/mol. The number of hydrogen-bond donors (Lipinski definition) is 0. The first-order chi connectivity index (χ1) is 13.6. The van der Waals surface area contributed by atoms with Crippen LogP contribution in [-0.2, 0) is 6.54 Å². The predicted octanol–water partition coefficient (Wildman–Crippen LogP) is 5.94. The van der Waals surface area contributed by atoms with Crippen molar-refractivity contribution in [1.29, 1.82) is 0 Å². The summed E-state index contributed by atoms with van der Waals surface area (Å²) in [6, 6.07) is 27.7. The van der Waals surface area contributed by atoms with Gasteiger partial charge in [0.2, 0.25) is 0 Å². The van der Waals surface area contributed by atoms with Gasteiger partial charge in [-0.05, 0) is 29.8 Å². The van der Waals surface area contributed by atoms with Crippen molar-refractivity contribution in [3.05, 3.63) is 101 Å². The molecule has 0 bridgehead atoms. The second-order valence-corrected chi connectivity index (χ2v) is 7.65. The summed E-state index contributed by atoms with van der Waals surface area (Å²) in [6.45, 7) is 0.554. The molecule has 1 aromatic heterocycles. The lowest BCUT2D eigenvalue weighted by Gasteiger charge is -2.19. The molecule has 0 aliphatic rings. The number of carbonyl (C=O) groups is 1. The monoisotopic (exact) mass is 430 g/mol. The summed E-state index contributed by atoms with van der Waals surface area (Å²) < 4.78 is 0.925. The molecule has 138 valence electrons. The van der Waals surface area contributed by atoms with E-state index < -0.39 is 0 Å². The van der Waals surface area contributed by atoms with E-state index in [1.54, 1.807) is 4.90 Å². The van der Waals surface area contributed by atoms with Crippen LogP contribution in [0.25, 0.3) is 22.2 Å². The van der Waals surface area contributed by atoms with Gasteiger partial charge in [0.25, 0.3) is 5.91 Å². The van der Waals surface area contributed by atoms with Crippen molar-refractivity contribution in [2.45, 2.75) is 6.54 Å². The number of benzene rings is 3. The molecule has 1 heterocycles. The molecule has 0 atom stereocenters. The first-order valence-electron chi connectivity index (χ1n) is 9.07. The molecule has 0 radical (unpaired) electrons. The van der Waals surface area contributed by atoms with E-state index in [0.29, 0.717) is 12.1 Å². The van der Waals surface area contributed by atoms with Crippen molar-refractivity contribution in [2.75, 3.05) is 7.05 Å². The zero-order valence-electron chi connectivity index (χ0n) is 15.5. The van der Waals surface area contributed by atoms with Gasteiger partial charge in [0.05, 0.1) is 16.8 Å². The number of pyridine rings is 1. The van der Waals surface area contributed by atoms with Crippen LogP contribution in [0.3, 0.4) is 0 Å². The zero-order valence-corrected chi connectivity index (χ0v) is 17.1. The Balaban J connectivity index is 1.79. The summed E-state index contributed by atoms with van der Waals surface area (Å²) in [4.78, 5) is 19.9. The Morgan fingerprint density at radius 2 is 1.61 bits per heavy atom. The van der Waals surface area contributed by atoms with Crippen LogP contribution in [-0.4, -0.2) is 22.8 Å². The van der Waals surface area contributed by atoms with E-state index in [1.165, 1.54) is 0 Å². The number of amides is 1. The lowest BCUT2D eigenvalue weighted by molar-refractivity contribution is 0.0787. The van der Waals surface area contributed by atoms with Crippen LogP contribution in [0.1, 0.15) is 15.9 Å². The third-order valence-electron chi connectivity index (χ3n) is 4.68. The van der Waals surface area contributed by atoms with Crippen LogP contribution >= 0.6 is 15.9 Å².